The molecule has 1 aliphatic heterocycles. The highest BCUT2D eigenvalue weighted by molar-refractivity contribution is 5.60. The quantitative estimate of drug-likeness (QED) is 0.860. The largest absolute Gasteiger partial charge is 0.510 e. The molecule has 2 fully saturated rings. The molecule has 1 aromatic rings. The number of nitrogens with one attached hydrogen (secondary N) is 1. The molecule has 0 spiro atoms. The molecule has 3 atom stereocenters. The summed E-state index contributed by atoms with van der Waals surface area (Å²) in [6.45, 7) is 0.263. The van der Waals surface area contributed by atoms with Gasteiger partial charge in [0, 0.05) is 12.5 Å². The molecule has 1 aromatic carbocycles. The Kier molecular flexibility index (Phi) is 4.21. The predicted octanol–water partition coefficient (Wildman–Crippen LogP) is 3.22. The number of rotatable bonds is 3. The van der Waals surface area contributed by atoms with Gasteiger partial charge in [0.2, 0.25) is 0 Å². The van der Waals surface area contributed by atoms with Gasteiger partial charge in [-0.25, -0.2) is 4.79 Å². The molecule has 4 nitrogen and oxygen atoms in total. The van der Waals surface area contributed by atoms with Crippen molar-refractivity contribution in [2.24, 2.45) is 5.92 Å². The van der Waals surface area contributed by atoms with Crippen molar-refractivity contribution in [2.45, 2.75) is 51.0 Å². The van der Waals surface area contributed by atoms with Crippen LogP contribution >= 0.6 is 0 Å². The van der Waals surface area contributed by atoms with E-state index in [0.29, 0.717) is 12.0 Å². The summed E-state index contributed by atoms with van der Waals surface area (Å²) >= 11 is 0. The first-order valence-corrected chi connectivity index (χ1v) is 7.44. The van der Waals surface area contributed by atoms with Crippen molar-refractivity contribution in [2.75, 3.05) is 0 Å². The maximum atomic E-state index is 11.7. The van der Waals surface area contributed by atoms with E-state index in [4.69, 9.17) is 9.47 Å². The Morgan fingerprint density at radius 3 is 2.80 bits per heavy atom. The number of carbonyl (C=O) groups is 1. The molecule has 0 amide bonds. The minimum atomic E-state index is -0.579. The second kappa shape index (κ2) is 6.27. The van der Waals surface area contributed by atoms with Crippen molar-refractivity contribution in [3.63, 3.8) is 0 Å². The molecule has 0 radical (unpaired) electrons. The highest BCUT2D eigenvalue weighted by Crippen LogP contribution is 2.33. The Morgan fingerprint density at radius 1 is 1.20 bits per heavy atom. The van der Waals surface area contributed by atoms with Crippen molar-refractivity contribution in [1.29, 1.82) is 0 Å². The zero-order chi connectivity index (χ0) is 13.8. The van der Waals surface area contributed by atoms with Crippen LogP contribution in [0.15, 0.2) is 30.3 Å². The number of ether oxygens (including phenoxy) is 2. The predicted molar refractivity (Wildman–Crippen MR) is 75.0 cm³/mol. The van der Waals surface area contributed by atoms with Gasteiger partial charge >= 0.3 is 6.16 Å². The van der Waals surface area contributed by atoms with Crippen molar-refractivity contribution in [3.8, 4) is 0 Å². The molecule has 4 heteroatoms. The third kappa shape index (κ3) is 3.31. The summed E-state index contributed by atoms with van der Waals surface area (Å²) in [6.07, 6.45) is 5.19. The lowest BCUT2D eigenvalue weighted by atomic mass is 9.85. The first kappa shape index (κ1) is 13.4. The van der Waals surface area contributed by atoms with Crippen molar-refractivity contribution < 1.29 is 14.3 Å². The average Bonchev–Trinajstić information content (AvgIpc) is 2.88. The summed E-state index contributed by atoms with van der Waals surface area (Å²) in [4.78, 5) is 11.7. The van der Waals surface area contributed by atoms with Gasteiger partial charge in [0.1, 0.15) is 6.61 Å². The lowest BCUT2D eigenvalue weighted by molar-refractivity contribution is 0.0123. The Bertz CT molecular complexity index is 434. The Morgan fingerprint density at radius 2 is 2.00 bits per heavy atom. The molecule has 0 aromatic heterocycles. The minimum Gasteiger partial charge on any atom is -0.429 e. The van der Waals surface area contributed by atoms with Gasteiger partial charge in [-0.05, 0) is 24.3 Å². The van der Waals surface area contributed by atoms with Crippen LogP contribution in [0.2, 0.25) is 0 Å². The summed E-state index contributed by atoms with van der Waals surface area (Å²) in [5, 5.41) is 3.40. The van der Waals surface area contributed by atoms with E-state index in [1.54, 1.807) is 0 Å². The number of hydrogen-bond acceptors (Lipinski definition) is 4. The molecular weight excluding hydrogens is 254 g/mol. The van der Waals surface area contributed by atoms with E-state index in [-0.39, 0.29) is 12.8 Å². The molecule has 1 saturated heterocycles. The SMILES string of the molecule is O=C(OCc1ccccc1)OC1CC2CCCC[C@@H]2N1. The normalized spacial score (nSPS) is 28.7. The van der Waals surface area contributed by atoms with Gasteiger partial charge in [-0.15, -0.1) is 0 Å². The standard InChI is InChI=1S/C16H21NO3/c18-16(19-11-12-6-2-1-3-7-12)20-15-10-13-8-4-5-9-14(13)17-15/h1-3,6-7,13-15,17H,4-5,8-11H2/t13?,14-,15?/m0/s1. The van der Waals surface area contributed by atoms with Crippen molar-refractivity contribution >= 4 is 6.16 Å². The van der Waals surface area contributed by atoms with Crippen LogP contribution in [-0.2, 0) is 16.1 Å². The molecular formula is C16H21NO3. The number of fused-ring (bicyclic) bond motifs is 1. The zero-order valence-electron chi connectivity index (χ0n) is 11.6. The van der Waals surface area contributed by atoms with Gasteiger partial charge in [0.05, 0.1) is 0 Å². The summed E-state index contributed by atoms with van der Waals surface area (Å²) in [6, 6.07) is 10.2. The maximum Gasteiger partial charge on any atom is 0.510 e. The lowest BCUT2D eigenvalue weighted by Gasteiger charge is -2.23. The minimum absolute atomic E-state index is 0.175. The monoisotopic (exact) mass is 275 g/mol. The molecule has 2 aliphatic rings. The molecule has 3 rings (SSSR count). The summed E-state index contributed by atoms with van der Waals surface area (Å²) < 4.78 is 10.5. The van der Waals surface area contributed by atoms with Crippen LogP contribution in [0.5, 0.6) is 0 Å². The first-order valence-electron chi connectivity index (χ1n) is 7.44. The third-order valence-electron chi connectivity index (χ3n) is 4.26. The Balaban J connectivity index is 1.43. The van der Waals surface area contributed by atoms with Gasteiger partial charge in [-0.1, -0.05) is 43.2 Å². The second-order valence-corrected chi connectivity index (χ2v) is 5.68. The topological polar surface area (TPSA) is 47.6 Å². The summed E-state index contributed by atoms with van der Waals surface area (Å²) in [5.41, 5.74) is 0.970. The van der Waals surface area contributed by atoms with Crippen molar-refractivity contribution in [1.82, 2.24) is 5.32 Å². The second-order valence-electron chi connectivity index (χ2n) is 5.68. The van der Waals surface area contributed by atoms with E-state index in [1.165, 1.54) is 25.7 Å². The van der Waals surface area contributed by atoms with Gasteiger partial charge in [0.15, 0.2) is 6.23 Å². The molecule has 108 valence electrons. The highest BCUT2D eigenvalue weighted by Gasteiger charge is 2.37. The van der Waals surface area contributed by atoms with Crippen molar-refractivity contribution in [3.05, 3.63) is 35.9 Å². The number of benzene rings is 1. The lowest BCUT2D eigenvalue weighted by Crippen LogP contribution is -2.35. The van der Waals surface area contributed by atoms with Crippen LogP contribution in [0.3, 0.4) is 0 Å². The average molecular weight is 275 g/mol. The van der Waals surface area contributed by atoms with E-state index in [9.17, 15) is 4.79 Å². The van der Waals surface area contributed by atoms with Crippen LogP contribution in [0, 0.1) is 5.92 Å². The fourth-order valence-electron chi connectivity index (χ4n) is 3.24. The fraction of sp³-hybridized carbons (Fsp3) is 0.562. The van der Waals surface area contributed by atoms with Crippen LogP contribution in [-0.4, -0.2) is 18.4 Å². The third-order valence-corrected chi connectivity index (χ3v) is 4.26. The number of hydrogen-bond donors (Lipinski definition) is 1. The van der Waals surface area contributed by atoms with E-state index in [1.807, 2.05) is 30.3 Å². The molecule has 1 N–H and O–H groups in total. The maximum absolute atomic E-state index is 11.7. The highest BCUT2D eigenvalue weighted by atomic mass is 16.7. The fourth-order valence-corrected chi connectivity index (χ4v) is 3.24. The molecule has 0 bridgehead atoms. The van der Waals surface area contributed by atoms with Crippen LogP contribution < -0.4 is 5.32 Å². The molecule has 1 saturated carbocycles. The van der Waals surface area contributed by atoms with Gasteiger partial charge in [-0.2, -0.15) is 0 Å². The molecule has 1 heterocycles. The van der Waals surface area contributed by atoms with E-state index in [2.05, 4.69) is 5.32 Å². The Labute approximate surface area is 119 Å². The summed E-state index contributed by atoms with van der Waals surface area (Å²) in [5.74, 6) is 0.663. The zero-order valence-corrected chi connectivity index (χ0v) is 11.6. The number of carbonyl (C=O) groups excluding carboxylic acids is 1. The van der Waals surface area contributed by atoms with Gasteiger partial charge in [0.25, 0.3) is 0 Å². The molecule has 20 heavy (non-hydrogen) atoms. The molecule has 2 unspecified atom stereocenters. The van der Waals surface area contributed by atoms with Crippen LogP contribution in [0.25, 0.3) is 0 Å². The Hall–Kier alpha value is -1.55. The van der Waals surface area contributed by atoms with Gasteiger partial charge in [-0.3, -0.25) is 5.32 Å². The first-order chi connectivity index (χ1) is 9.81. The van der Waals surface area contributed by atoms with E-state index < -0.39 is 6.16 Å². The smallest absolute Gasteiger partial charge is 0.429 e. The van der Waals surface area contributed by atoms with E-state index >= 15 is 0 Å². The van der Waals surface area contributed by atoms with Crippen LogP contribution in [0.4, 0.5) is 4.79 Å². The van der Waals surface area contributed by atoms with Crippen LogP contribution in [0.1, 0.15) is 37.7 Å². The summed E-state index contributed by atoms with van der Waals surface area (Å²) in [7, 11) is 0. The van der Waals surface area contributed by atoms with Gasteiger partial charge < -0.3 is 9.47 Å². The van der Waals surface area contributed by atoms with E-state index in [0.717, 1.165) is 12.0 Å². The molecule has 1 aliphatic carbocycles.